The first-order chi connectivity index (χ1) is 17.2. The van der Waals surface area contributed by atoms with Crippen LogP contribution in [0, 0.1) is 11.8 Å². The predicted molar refractivity (Wildman–Crippen MR) is 129 cm³/mol. The van der Waals surface area contributed by atoms with E-state index >= 15 is 0 Å². The second-order valence-corrected chi connectivity index (χ2v) is 10.2. The molecule has 8 heteroatoms. The fraction of sp³-hybridized carbons (Fsp3) is 0.667. The minimum atomic E-state index is -0.282. The number of hydrogen-bond acceptors (Lipinski definition) is 7. The molecular formula is C27H35ClO7. The standard InChI is InChI=1S/C27H35ClO7/c28-18-9-11-19(12-10-18)30-15-5-6-21(34-25-7-1-3-13-31-25)27-20-16-24(29)33-22(20)17-23(27)35-26-8-2-4-14-32-26/h6,9-12,20,22-23,25-27H,1-5,7-8,13-17H2/b21-6+/t20-,22-,23-,25?,26?,27-/m1/s1. The van der Waals surface area contributed by atoms with Crippen LogP contribution in [0.5, 0.6) is 5.75 Å². The number of fused-ring (bicyclic) bond motifs is 1. The van der Waals surface area contributed by atoms with Crippen LogP contribution in [-0.4, -0.2) is 50.6 Å². The molecule has 5 rings (SSSR count). The fourth-order valence-corrected chi connectivity index (χ4v) is 5.66. The minimum absolute atomic E-state index is 0.0307. The Morgan fingerprint density at radius 1 is 1.03 bits per heavy atom. The summed E-state index contributed by atoms with van der Waals surface area (Å²) in [5.74, 6) is 1.40. The van der Waals surface area contributed by atoms with E-state index in [1.54, 1.807) is 0 Å². The topological polar surface area (TPSA) is 72.5 Å². The Kier molecular flexibility index (Phi) is 8.50. The summed E-state index contributed by atoms with van der Waals surface area (Å²) in [4.78, 5) is 12.2. The molecular weight excluding hydrogens is 472 g/mol. The molecule has 192 valence electrons. The van der Waals surface area contributed by atoms with E-state index in [0.29, 0.717) is 37.5 Å². The molecule has 1 saturated carbocycles. The number of carbonyl (C=O) groups excluding carboxylic acids is 1. The second kappa shape index (κ2) is 12.0. The van der Waals surface area contributed by atoms with Gasteiger partial charge in [-0.15, -0.1) is 0 Å². The fourth-order valence-electron chi connectivity index (χ4n) is 5.54. The molecule has 4 aliphatic rings. The molecule has 1 aliphatic carbocycles. The van der Waals surface area contributed by atoms with Crippen LogP contribution in [0.15, 0.2) is 36.1 Å². The maximum absolute atomic E-state index is 12.2. The lowest BCUT2D eigenvalue weighted by Gasteiger charge is -2.33. The third kappa shape index (κ3) is 6.50. The van der Waals surface area contributed by atoms with Crippen LogP contribution in [0.25, 0.3) is 0 Å². The molecule has 0 aromatic heterocycles. The van der Waals surface area contributed by atoms with Gasteiger partial charge in [-0.05, 0) is 62.4 Å². The van der Waals surface area contributed by atoms with Crippen molar-refractivity contribution in [3.8, 4) is 5.75 Å². The molecule has 6 atom stereocenters. The molecule has 0 radical (unpaired) electrons. The summed E-state index contributed by atoms with van der Waals surface area (Å²) in [6.45, 7) is 1.92. The normalized spacial score (nSPS) is 33.3. The molecule has 3 saturated heterocycles. The highest BCUT2D eigenvalue weighted by Gasteiger charge is 2.53. The zero-order chi connectivity index (χ0) is 24.0. The maximum atomic E-state index is 12.2. The van der Waals surface area contributed by atoms with Gasteiger partial charge in [0.25, 0.3) is 0 Å². The van der Waals surface area contributed by atoms with Crippen molar-refractivity contribution in [3.63, 3.8) is 0 Å². The lowest BCUT2D eigenvalue weighted by Crippen LogP contribution is -2.34. The molecule has 3 heterocycles. The number of hydrogen-bond donors (Lipinski definition) is 0. The van der Waals surface area contributed by atoms with Gasteiger partial charge in [-0.1, -0.05) is 11.6 Å². The summed E-state index contributed by atoms with van der Waals surface area (Å²) in [7, 11) is 0. The van der Waals surface area contributed by atoms with Gasteiger partial charge in [0.1, 0.15) is 17.6 Å². The summed E-state index contributed by atoms with van der Waals surface area (Å²) < 4.78 is 36.3. The van der Waals surface area contributed by atoms with Crippen molar-refractivity contribution in [2.75, 3.05) is 19.8 Å². The maximum Gasteiger partial charge on any atom is 0.306 e. The molecule has 1 aromatic carbocycles. The molecule has 2 unspecified atom stereocenters. The van der Waals surface area contributed by atoms with Crippen LogP contribution in [0.2, 0.25) is 5.02 Å². The van der Waals surface area contributed by atoms with E-state index in [-0.39, 0.29) is 42.6 Å². The van der Waals surface area contributed by atoms with Gasteiger partial charge in [0.05, 0.1) is 25.7 Å². The molecule has 0 bridgehead atoms. The monoisotopic (exact) mass is 506 g/mol. The first-order valence-corrected chi connectivity index (χ1v) is 13.4. The van der Waals surface area contributed by atoms with E-state index in [1.165, 1.54) is 0 Å². The Morgan fingerprint density at radius 2 is 1.77 bits per heavy atom. The molecule has 0 spiro atoms. The van der Waals surface area contributed by atoms with Gasteiger partial charge < -0.3 is 28.4 Å². The Labute approximate surface area is 212 Å². The average molecular weight is 507 g/mol. The van der Waals surface area contributed by atoms with Crippen LogP contribution in [-0.2, 0) is 28.5 Å². The Bertz CT molecular complexity index is 861. The molecule has 3 aliphatic heterocycles. The Hall–Kier alpha value is -1.80. The third-order valence-electron chi connectivity index (χ3n) is 7.23. The van der Waals surface area contributed by atoms with Gasteiger partial charge in [0, 0.05) is 42.7 Å². The van der Waals surface area contributed by atoms with Crippen LogP contribution in [0.1, 0.15) is 57.8 Å². The lowest BCUT2D eigenvalue weighted by atomic mass is 9.89. The first kappa shape index (κ1) is 24.9. The quantitative estimate of drug-likeness (QED) is 0.252. The molecule has 0 N–H and O–H groups in total. The third-order valence-corrected chi connectivity index (χ3v) is 7.49. The summed E-state index contributed by atoms with van der Waals surface area (Å²) in [5, 5.41) is 0.678. The largest absolute Gasteiger partial charge is 0.493 e. The van der Waals surface area contributed by atoms with Crippen molar-refractivity contribution < 1.29 is 33.2 Å². The van der Waals surface area contributed by atoms with E-state index in [2.05, 4.69) is 6.08 Å². The molecule has 4 fully saturated rings. The van der Waals surface area contributed by atoms with Crippen molar-refractivity contribution in [2.24, 2.45) is 11.8 Å². The van der Waals surface area contributed by atoms with Gasteiger partial charge in [-0.25, -0.2) is 0 Å². The number of benzene rings is 1. The van der Waals surface area contributed by atoms with E-state index in [4.69, 9.17) is 40.0 Å². The SMILES string of the molecule is O=C1C[C@H]2[C@H](/C(=C\CCOc3ccc(Cl)cc3)OC3CCCCO3)[C@H](OC3CCCCO3)C[C@H]2O1. The van der Waals surface area contributed by atoms with Gasteiger partial charge in [0.2, 0.25) is 0 Å². The molecule has 35 heavy (non-hydrogen) atoms. The number of esters is 1. The van der Waals surface area contributed by atoms with Crippen LogP contribution >= 0.6 is 11.6 Å². The molecule has 0 amide bonds. The highest BCUT2D eigenvalue weighted by molar-refractivity contribution is 6.30. The Morgan fingerprint density at radius 3 is 2.49 bits per heavy atom. The van der Waals surface area contributed by atoms with Gasteiger partial charge in [0.15, 0.2) is 12.6 Å². The number of ether oxygens (including phenoxy) is 6. The highest BCUT2D eigenvalue weighted by atomic mass is 35.5. The van der Waals surface area contributed by atoms with E-state index in [1.807, 2.05) is 24.3 Å². The lowest BCUT2D eigenvalue weighted by molar-refractivity contribution is -0.201. The summed E-state index contributed by atoms with van der Waals surface area (Å²) in [5.41, 5.74) is 0. The van der Waals surface area contributed by atoms with E-state index in [9.17, 15) is 4.79 Å². The average Bonchev–Trinajstić information content (AvgIpc) is 3.38. The van der Waals surface area contributed by atoms with Gasteiger partial charge in [-0.2, -0.15) is 0 Å². The zero-order valence-electron chi connectivity index (χ0n) is 20.1. The second-order valence-electron chi connectivity index (χ2n) is 9.74. The van der Waals surface area contributed by atoms with E-state index < -0.39 is 0 Å². The summed E-state index contributed by atoms with van der Waals surface area (Å²) in [6.07, 6.45) is 9.04. The van der Waals surface area contributed by atoms with Crippen molar-refractivity contribution >= 4 is 17.6 Å². The highest BCUT2D eigenvalue weighted by Crippen LogP contribution is 2.47. The zero-order valence-corrected chi connectivity index (χ0v) is 20.8. The van der Waals surface area contributed by atoms with E-state index in [0.717, 1.165) is 56.6 Å². The summed E-state index contributed by atoms with van der Waals surface area (Å²) in [6, 6.07) is 7.34. The predicted octanol–water partition coefficient (Wildman–Crippen LogP) is 5.40. The smallest absolute Gasteiger partial charge is 0.306 e. The number of carbonyl (C=O) groups is 1. The van der Waals surface area contributed by atoms with Gasteiger partial charge in [-0.3, -0.25) is 4.79 Å². The van der Waals surface area contributed by atoms with Gasteiger partial charge >= 0.3 is 5.97 Å². The number of rotatable bonds is 9. The summed E-state index contributed by atoms with van der Waals surface area (Å²) >= 11 is 5.97. The van der Waals surface area contributed by atoms with Crippen LogP contribution in [0.4, 0.5) is 0 Å². The number of halogens is 1. The molecule has 1 aromatic rings. The molecule has 7 nitrogen and oxygen atoms in total. The van der Waals surface area contributed by atoms with Crippen LogP contribution in [0.3, 0.4) is 0 Å². The van der Waals surface area contributed by atoms with Crippen molar-refractivity contribution in [1.82, 2.24) is 0 Å². The van der Waals surface area contributed by atoms with Crippen LogP contribution < -0.4 is 4.74 Å². The first-order valence-electron chi connectivity index (χ1n) is 13.0. The Balaban J connectivity index is 1.31. The van der Waals surface area contributed by atoms with Crippen molar-refractivity contribution in [1.29, 1.82) is 0 Å². The van der Waals surface area contributed by atoms with Crippen molar-refractivity contribution in [3.05, 3.63) is 41.1 Å². The minimum Gasteiger partial charge on any atom is -0.493 e. The van der Waals surface area contributed by atoms with Crippen molar-refractivity contribution in [2.45, 2.75) is 82.6 Å².